The predicted molar refractivity (Wildman–Crippen MR) is 118 cm³/mol. The molecule has 0 unspecified atom stereocenters. The highest BCUT2D eigenvalue weighted by Gasteiger charge is 2.33. The van der Waals surface area contributed by atoms with Crippen LogP contribution in [-0.2, 0) is 11.8 Å². The van der Waals surface area contributed by atoms with E-state index in [1.54, 1.807) is 0 Å². The van der Waals surface area contributed by atoms with Gasteiger partial charge in [-0.05, 0) is 41.7 Å². The van der Waals surface area contributed by atoms with Gasteiger partial charge in [0.15, 0.2) is 0 Å². The van der Waals surface area contributed by atoms with E-state index in [1.165, 1.54) is 38.5 Å². The van der Waals surface area contributed by atoms with Crippen LogP contribution in [0.5, 0.6) is 0 Å². The van der Waals surface area contributed by atoms with E-state index in [4.69, 9.17) is 0 Å². The summed E-state index contributed by atoms with van der Waals surface area (Å²) in [5, 5.41) is 2.62. The number of H-pyrrole nitrogens is 2. The van der Waals surface area contributed by atoms with Gasteiger partial charge in [0.25, 0.3) is 0 Å². The predicted octanol–water partition coefficient (Wildman–Crippen LogP) is 6.59. The molecule has 0 atom stereocenters. The molecular formula is C26H24N2. The molecule has 0 aliphatic rings. The Balaban J connectivity index is 1.67. The van der Waals surface area contributed by atoms with E-state index < -0.39 is 0 Å². The average Bonchev–Trinajstić information content (AvgIpc) is 3.38. The van der Waals surface area contributed by atoms with Gasteiger partial charge < -0.3 is 9.97 Å². The number of aryl methyl sites for hydroxylation is 1. The molecule has 0 fully saturated rings. The number of aromatic amines is 2. The summed E-state index contributed by atoms with van der Waals surface area (Å²) in [7, 11) is 0. The fourth-order valence-electron chi connectivity index (χ4n) is 4.51. The van der Waals surface area contributed by atoms with Crippen molar-refractivity contribution < 1.29 is 0 Å². The first-order valence-corrected chi connectivity index (χ1v) is 9.93. The number of fused-ring (bicyclic) bond motifs is 2. The number of hydrogen-bond donors (Lipinski definition) is 2. The van der Waals surface area contributed by atoms with Gasteiger partial charge in [-0.3, -0.25) is 0 Å². The summed E-state index contributed by atoms with van der Waals surface area (Å²) in [6.45, 7) is 2.39. The summed E-state index contributed by atoms with van der Waals surface area (Å²) in [5.74, 6) is 0. The van der Waals surface area contributed by atoms with Crippen LogP contribution >= 0.6 is 0 Å². The molecule has 138 valence electrons. The number of nitrogens with one attached hydrogen (secondary N) is 2. The van der Waals surface area contributed by atoms with E-state index in [2.05, 4.69) is 108 Å². The van der Waals surface area contributed by atoms with Gasteiger partial charge in [-0.1, -0.05) is 73.7 Å². The number of para-hydroxylation sites is 2. The molecule has 5 aromatic rings. The van der Waals surface area contributed by atoms with Gasteiger partial charge in [0, 0.05) is 39.6 Å². The van der Waals surface area contributed by atoms with Crippen LogP contribution < -0.4 is 0 Å². The van der Waals surface area contributed by atoms with Gasteiger partial charge in [0.2, 0.25) is 0 Å². The summed E-state index contributed by atoms with van der Waals surface area (Å²) >= 11 is 0. The number of rotatable bonds is 5. The van der Waals surface area contributed by atoms with Crippen molar-refractivity contribution in [3.63, 3.8) is 0 Å². The monoisotopic (exact) mass is 364 g/mol. The van der Waals surface area contributed by atoms with Crippen molar-refractivity contribution in [2.24, 2.45) is 0 Å². The van der Waals surface area contributed by atoms with Crippen LogP contribution in [0.25, 0.3) is 21.8 Å². The fraction of sp³-hybridized carbons (Fsp3) is 0.154. The van der Waals surface area contributed by atoms with Crippen LogP contribution in [-0.4, -0.2) is 9.97 Å². The van der Waals surface area contributed by atoms with E-state index in [0.29, 0.717) is 0 Å². The molecule has 2 nitrogen and oxygen atoms in total. The molecule has 0 radical (unpaired) electrons. The lowest BCUT2D eigenvalue weighted by Crippen LogP contribution is -2.24. The van der Waals surface area contributed by atoms with Crippen molar-refractivity contribution in [1.29, 1.82) is 0 Å². The first kappa shape index (κ1) is 16.9. The second kappa shape index (κ2) is 6.72. The Morgan fingerprint density at radius 1 is 0.643 bits per heavy atom. The summed E-state index contributed by atoms with van der Waals surface area (Å²) in [4.78, 5) is 6.98. The molecule has 2 N–H and O–H groups in total. The second-order valence-corrected chi connectivity index (χ2v) is 7.81. The fourth-order valence-corrected chi connectivity index (χ4v) is 4.51. The molecule has 0 aliphatic heterocycles. The Labute approximate surface area is 165 Å². The zero-order valence-corrected chi connectivity index (χ0v) is 16.1. The molecule has 5 rings (SSSR count). The van der Waals surface area contributed by atoms with Crippen molar-refractivity contribution in [2.45, 2.75) is 25.2 Å². The van der Waals surface area contributed by atoms with Crippen LogP contribution in [0.1, 0.15) is 30.0 Å². The van der Waals surface area contributed by atoms with Gasteiger partial charge in [0.1, 0.15) is 0 Å². The van der Waals surface area contributed by atoms with E-state index in [-0.39, 0.29) is 5.41 Å². The topological polar surface area (TPSA) is 31.6 Å². The SMILES string of the molecule is CC(CCc1ccccc1)(c1c[nH]c2ccccc12)c1c[nH]c2ccccc12. The molecule has 0 spiro atoms. The Bertz CT molecular complexity index is 1150. The zero-order chi connectivity index (χ0) is 19.0. The minimum atomic E-state index is -0.102. The second-order valence-electron chi connectivity index (χ2n) is 7.81. The third-order valence-corrected chi connectivity index (χ3v) is 6.12. The standard InChI is InChI=1S/C26H24N2/c1-26(16-15-19-9-3-2-4-10-19,22-17-27-24-13-7-5-11-20(22)24)23-18-28-25-14-8-6-12-21(23)25/h2-14,17-18,27-28H,15-16H2,1H3. The Morgan fingerprint density at radius 3 is 1.71 bits per heavy atom. The maximum Gasteiger partial charge on any atom is 0.0457 e. The van der Waals surface area contributed by atoms with Gasteiger partial charge >= 0.3 is 0 Å². The normalized spacial score (nSPS) is 12.0. The molecule has 3 aromatic carbocycles. The first-order chi connectivity index (χ1) is 13.8. The lowest BCUT2D eigenvalue weighted by atomic mass is 9.72. The third-order valence-electron chi connectivity index (χ3n) is 6.12. The molecule has 0 bridgehead atoms. The van der Waals surface area contributed by atoms with E-state index in [9.17, 15) is 0 Å². The van der Waals surface area contributed by atoms with Crippen LogP contribution in [0.15, 0.2) is 91.3 Å². The maximum atomic E-state index is 3.49. The minimum Gasteiger partial charge on any atom is -0.361 e. The quantitative estimate of drug-likeness (QED) is 0.353. The highest BCUT2D eigenvalue weighted by atomic mass is 14.7. The third kappa shape index (κ3) is 2.73. The largest absolute Gasteiger partial charge is 0.361 e. The van der Waals surface area contributed by atoms with Gasteiger partial charge in [-0.25, -0.2) is 0 Å². The highest BCUT2D eigenvalue weighted by Crippen LogP contribution is 2.42. The smallest absolute Gasteiger partial charge is 0.0457 e. The Morgan fingerprint density at radius 2 is 1.14 bits per heavy atom. The minimum absolute atomic E-state index is 0.102. The van der Waals surface area contributed by atoms with Crippen molar-refractivity contribution in [2.75, 3.05) is 0 Å². The molecule has 2 heteroatoms. The summed E-state index contributed by atoms with van der Waals surface area (Å²) in [6, 6.07) is 28.0. The van der Waals surface area contributed by atoms with Crippen LogP contribution in [0.3, 0.4) is 0 Å². The zero-order valence-electron chi connectivity index (χ0n) is 16.1. The van der Waals surface area contributed by atoms with Crippen molar-refractivity contribution in [1.82, 2.24) is 9.97 Å². The average molecular weight is 364 g/mol. The Kier molecular flexibility index (Phi) is 4.05. The molecular weight excluding hydrogens is 340 g/mol. The van der Waals surface area contributed by atoms with Crippen LogP contribution in [0.4, 0.5) is 0 Å². The highest BCUT2D eigenvalue weighted by molar-refractivity contribution is 5.89. The number of hydrogen-bond acceptors (Lipinski definition) is 0. The number of benzene rings is 3. The Hall–Kier alpha value is -3.26. The van der Waals surface area contributed by atoms with Crippen molar-refractivity contribution in [3.05, 3.63) is 108 Å². The summed E-state index contributed by atoms with van der Waals surface area (Å²) < 4.78 is 0. The van der Waals surface area contributed by atoms with E-state index in [1.807, 2.05) is 0 Å². The van der Waals surface area contributed by atoms with Crippen LogP contribution in [0.2, 0.25) is 0 Å². The first-order valence-electron chi connectivity index (χ1n) is 9.93. The van der Waals surface area contributed by atoms with E-state index >= 15 is 0 Å². The van der Waals surface area contributed by atoms with E-state index in [0.717, 1.165) is 12.8 Å². The molecule has 0 saturated heterocycles. The molecule has 2 heterocycles. The molecule has 0 amide bonds. The summed E-state index contributed by atoms with van der Waals surface area (Å²) in [6.07, 6.45) is 6.49. The maximum absolute atomic E-state index is 3.49. The molecule has 0 saturated carbocycles. The molecule has 2 aromatic heterocycles. The van der Waals surface area contributed by atoms with Crippen molar-refractivity contribution in [3.8, 4) is 0 Å². The molecule has 0 aliphatic carbocycles. The van der Waals surface area contributed by atoms with Crippen LogP contribution in [0, 0.1) is 0 Å². The van der Waals surface area contributed by atoms with Crippen molar-refractivity contribution >= 4 is 21.8 Å². The van der Waals surface area contributed by atoms with Gasteiger partial charge in [0.05, 0.1) is 0 Å². The number of aromatic nitrogens is 2. The lowest BCUT2D eigenvalue weighted by molar-refractivity contribution is 0.528. The molecule has 28 heavy (non-hydrogen) atoms. The lowest BCUT2D eigenvalue weighted by Gasteiger charge is -2.30. The van der Waals surface area contributed by atoms with Gasteiger partial charge in [-0.2, -0.15) is 0 Å². The summed E-state index contributed by atoms with van der Waals surface area (Å²) in [5.41, 5.74) is 6.40. The van der Waals surface area contributed by atoms with Gasteiger partial charge in [-0.15, -0.1) is 0 Å².